The van der Waals surface area contributed by atoms with Gasteiger partial charge in [-0.3, -0.25) is 9.88 Å². The van der Waals surface area contributed by atoms with Gasteiger partial charge in [0, 0.05) is 30.8 Å². The van der Waals surface area contributed by atoms with E-state index < -0.39 is 0 Å². The molecule has 4 rings (SSSR count). The molecular formula is C21H25N5. The number of nitrogens with one attached hydrogen (secondary N) is 1. The fourth-order valence-corrected chi connectivity index (χ4v) is 3.71. The van der Waals surface area contributed by atoms with Gasteiger partial charge in [-0.05, 0) is 50.8 Å². The highest BCUT2D eigenvalue weighted by Crippen LogP contribution is 2.25. The van der Waals surface area contributed by atoms with Gasteiger partial charge >= 0.3 is 0 Å². The lowest BCUT2D eigenvalue weighted by Gasteiger charge is -2.32. The van der Waals surface area contributed by atoms with E-state index in [1.165, 1.54) is 18.4 Å². The molecule has 5 nitrogen and oxygen atoms in total. The summed E-state index contributed by atoms with van der Waals surface area (Å²) in [5.74, 6) is 1.49. The molecule has 1 aliphatic heterocycles. The number of hydrogen-bond acceptors (Lipinski definition) is 4. The Labute approximate surface area is 154 Å². The van der Waals surface area contributed by atoms with E-state index in [2.05, 4.69) is 55.2 Å². The van der Waals surface area contributed by atoms with Crippen molar-refractivity contribution in [3.05, 3.63) is 65.9 Å². The average molecular weight is 347 g/mol. The molecular weight excluding hydrogens is 322 g/mol. The van der Waals surface area contributed by atoms with Crippen molar-refractivity contribution in [2.24, 2.45) is 5.92 Å². The zero-order chi connectivity index (χ0) is 17.8. The minimum absolute atomic E-state index is 0.661. The maximum absolute atomic E-state index is 4.61. The standard InChI is InChI=1S/C21H25N5/c1-16-14-24-21(25-16)20-19(22-9-10-23-20)13-17-7-11-26(12-8-17)15-18-5-3-2-4-6-18/h2-6,9-10,14,17H,7-8,11-13,15H2,1H3,(H,24,25). The van der Waals surface area contributed by atoms with E-state index >= 15 is 0 Å². The first-order valence-corrected chi connectivity index (χ1v) is 9.36. The molecule has 0 unspecified atom stereocenters. The van der Waals surface area contributed by atoms with E-state index in [1.54, 1.807) is 12.4 Å². The molecule has 134 valence electrons. The molecule has 3 aromatic rings. The van der Waals surface area contributed by atoms with Crippen molar-refractivity contribution in [3.8, 4) is 11.5 Å². The summed E-state index contributed by atoms with van der Waals surface area (Å²) in [6.07, 6.45) is 8.77. The van der Waals surface area contributed by atoms with Gasteiger partial charge in [0.15, 0.2) is 5.82 Å². The second-order valence-electron chi connectivity index (χ2n) is 7.18. The molecule has 0 aliphatic carbocycles. The summed E-state index contributed by atoms with van der Waals surface area (Å²) in [6, 6.07) is 10.7. The van der Waals surface area contributed by atoms with Gasteiger partial charge in [0.05, 0.1) is 5.69 Å². The normalized spacial score (nSPS) is 16.0. The van der Waals surface area contributed by atoms with Gasteiger partial charge in [-0.25, -0.2) is 9.97 Å². The van der Waals surface area contributed by atoms with Crippen molar-refractivity contribution in [2.75, 3.05) is 13.1 Å². The summed E-state index contributed by atoms with van der Waals surface area (Å²) in [5, 5.41) is 0. The lowest BCUT2D eigenvalue weighted by Crippen LogP contribution is -2.34. The molecule has 1 aliphatic rings. The van der Waals surface area contributed by atoms with Gasteiger partial charge in [-0.1, -0.05) is 30.3 Å². The van der Waals surface area contributed by atoms with Crippen molar-refractivity contribution in [2.45, 2.75) is 32.7 Å². The SMILES string of the molecule is Cc1cnc(-c2nccnc2CC2CCN(Cc3ccccc3)CC2)[nH]1. The van der Waals surface area contributed by atoms with Crippen LogP contribution in [0.4, 0.5) is 0 Å². The number of aromatic amines is 1. The van der Waals surface area contributed by atoms with Crippen LogP contribution in [0.15, 0.2) is 48.9 Å². The van der Waals surface area contributed by atoms with Crippen molar-refractivity contribution in [1.29, 1.82) is 0 Å². The third-order valence-electron chi connectivity index (χ3n) is 5.14. The van der Waals surface area contributed by atoms with Crippen LogP contribution in [-0.4, -0.2) is 37.9 Å². The average Bonchev–Trinajstić information content (AvgIpc) is 3.11. The molecule has 1 fully saturated rings. The first kappa shape index (κ1) is 16.9. The van der Waals surface area contributed by atoms with E-state index in [0.29, 0.717) is 5.92 Å². The Morgan fingerprint density at radius 2 is 1.81 bits per heavy atom. The molecule has 0 amide bonds. The van der Waals surface area contributed by atoms with E-state index in [1.807, 2.05) is 13.1 Å². The molecule has 26 heavy (non-hydrogen) atoms. The van der Waals surface area contributed by atoms with Crippen LogP contribution >= 0.6 is 0 Å². The molecule has 0 saturated carbocycles. The van der Waals surface area contributed by atoms with Gasteiger partial charge in [0.1, 0.15) is 5.69 Å². The van der Waals surface area contributed by atoms with Crippen LogP contribution in [0.25, 0.3) is 11.5 Å². The summed E-state index contributed by atoms with van der Waals surface area (Å²) < 4.78 is 0. The summed E-state index contributed by atoms with van der Waals surface area (Å²) in [5.41, 5.74) is 4.40. The molecule has 1 saturated heterocycles. The summed E-state index contributed by atoms with van der Waals surface area (Å²) >= 11 is 0. The van der Waals surface area contributed by atoms with Crippen molar-refractivity contribution in [3.63, 3.8) is 0 Å². The van der Waals surface area contributed by atoms with Gasteiger partial charge in [0.2, 0.25) is 0 Å². The van der Waals surface area contributed by atoms with Crippen LogP contribution in [0.5, 0.6) is 0 Å². The van der Waals surface area contributed by atoms with Crippen LogP contribution in [0.2, 0.25) is 0 Å². The number of aryl methyl sites for hydroxylation is 1. The minimum atomic E-state index is 0.661. The predicted molar refractivity (Wildman–Crippen MR) is 102 cm³/mol. The molecule has 5 heteroatoms. The Balaban J connectivity index is 1.38. The van der Waals surface area contributed by atoms with Crippen LogP contribution in [0.1, 0.15) is 29.8 Å². The molecule has 0 bridgehead atoms. The second-order valence-corrected chi connectivity index (χ2v) is 7.18. The monoisotopic (exact) mass is 347 g/mol. The van der Waals surface area contributed by atoms with Gasteiger partial charge in [-0.15, -0.1) is 0 Å². The maximum atomic E-state index is 4.61. The second kappa shape index (κ2) is 7.79. The maximum Gasteiger partial charge on any atom is 0.158 e. The zero-order valence-corrected chi connectivity index (χ0v) is 15.2. The fourth-order valence-electron chi connectivity index (χ4n) is 3.71. The van der Waals surface area contributed by atoms with Crippen molar-refractivity contribution in [1.82, 2.24) is 24.8 Å². The predicted octanol–water partition coefficient (Wildman–Crippen LogP) is 3.63. The van der Waals surface area contributed by atoms with Crippen molar-refractivity contribution >= 4 is 0 Å². The minimum Gasteiger partial charge on any atom is -0.341 e. The number of rotatable bonds is 5. The Morgan fingerprint density at radius 1 is 1.04 bits per heavy atom. The third kappa shape index (κ3) is 3.99. The molecule has 3 heterocycles. The largest absolute Gasteiger partial charge is 0.341 e. The summed E-state index contributed by atoms with van der Waals surface area (Å²) in [4.78, 5) is 19.4. The quantitative estimate of drug-likeness (QED) is 0.766. The highest BCUT2D eigenvalue weighted by molar-refractivity contribution is 5.52. The smallest absolute Gasteiger partial charge is 0.158 e. The highest BCUT2D eigenvalue weighted by Gasteiger charge is 2.22. The van der Waals surface area contributed by atoms with E-state index in [9.17, 15) is 0 Å². The molecule has 2 aromatic heterocycles. The lowest BCUT2D eigenvalue weighted by molar-refractivity contribution is 0.176. The lowest BCUT2D eigenvalue weighted by atomic mass is 9.91. The Hall–Kier alpha value is -2.53. The Bertz CT molecular complexity index is 834. The highest BCUT2D eigenvalue weighted by atomic mass is 15.1. The number of H-pyrrole nitrogens is 1. The third-order valence-corrected chi connectivity index (χ3v) is 5.14. The van der Waals surface area contributed by atoms with E-state index in [4.69, 9.17) is 0 Å². The number of likely N-dealkylation sites (tertiary alicyclic amines) is 1. The molecule has 0 atom stereocenters. The van der Waals surface area contributed by atoms with E-state index in [0.717, 1.165) is 49.0 Å². The Morgan fingerprint density at radius 3 is 2.54 bits per heavy atom. The van der Waals surface area contributed by atoms with Crippen LogP contribution < -0.4 is 0 Å². The zero-order valence-electron chi connectivity index (χ0n) is 15.2. The molecule has 1 aromatic carbocycles. The first-order chi connectivity index (χ1) is 12.8. The number of aromatic nitrogens is 4. The Kier molecular flexibility index (Phi) is 5.07. The van der Waals surface area contributed by atoms with Gasteiger partial charge in [0.25, 0.3) is 0 Å². The van der Waals surface area contributed by atoms with Gasteiger partial charge in [-0.2, -0.15) is 0 Å². The summed E-state index contributed by atoms with van der Waals surface area (Å²) in [6.45, 7) is 5.36. The number of hydrogen-bond donors (Lipinski definition) is 1. The number of piperidine rings is 1. The number of imidazole rings is 1. The van der Waals surface area contributed by atoms with Crippen LogP contribution in [0, 0.1) is 12.8 Å². The fraction of sp³-hybridized carbons (Fsp3) is 0.381. The van der Waals surface area contributed by atoms with Crippen LogP contribution in [-0.2, 0) is 13.0 Å². The van der Waals surface area contributed by atoms with E-state index in [-0.39, 0.29) is 0 Å². The number of nitrogens with zero attached hydrogens (tertiary/aromatic N) is 4. The number of benzene rings is 1. The van der Waals surface area contributed by atoms with Gasteiger partial charge < -0.3 is 4.98 Å². The molecule has 0 radical (unpaired) electrons. The molecule has 0 spiro atoms. The topological polar surface area (TPSA) is 57.7 Å². The summed E-state index contributed by atoms with van der Waals surface area (Å²) in [7, 11) is 0. The van der Waals surface area contributed by atoms with Crippen molar-refractivity contribution < 1.29 is 0 Å². The molecule has 1 N–H and O–H groups in total. The first-order valence-electron chi connectivity index (χ1n) is 9.36. The van der Waals surface area contributed by atoms with Crippen LogP contribution in [0.3, 0.4) is 0 Å².